The summed E-state index contributed by atoms with van der Waals surface area (Å²) in [5.74, 6) is 1.84. The minimum absolute atomic E-state index is 0.0609. The van der Waals surface area contributed by atoms with E-state index in [0.717, 1.165) is 44.9 Å². The maximum atomic E-state index is 12.8. The van der Waals surface area contributed by atoms with Crippen molar-refractivity contribution in [2.45, 2.75) is 112 Å². The summed E-state index contributed by atoms with van der Waals surface area (Å²) in [6.07, 6.45) is 11.4. The lowest BCUT2D eigenvalue weighted by atomic mass is 9.33. The number of carbonyl (C=O) groups is 1. The molecule has 5 aliphatic rings. The smallest absolute Gasteiger partial charge is 0.310 e. The van der Waals surface area contributed by atoms with Crippen LogP contribution in [0.5, 0.6) is 0 Å². The van der Waals surface area contributed by atoms with Crippen LogP contribution >= 0.6 is 0 Å². The van der Waals surface area contributed by atoms with Gasteiger partial charge in [-0.1, -0.05) is 60.1 Å². The molecule has 0 aromatic rings. The zero-order chi connectivity index (χ0) is 24.2. The van der Waals surface area contributed by atoms with E-state index in [1.807, 2.05) is 0 Å². The molecule has 0 radical (unpaired) electrons. The Balaban J connectivity index is 1.62. The molecule has 10 atom stereocenters. The van der Waals surface area contributed by atoms with Crippen LogP contribution in [0.3, 0.4) is 0 Å². The Bertz CT molecular complexity index is 874. The predicted octanol–water partition coefficient (Wildman–Crippen LogP) is 7.09. The molecule has 0 aliphatic heterocycles. The summed E-state index contributed by atoms with van der Waals surface area (Å²) in [4.78, 5) is 12.8. The van der Waals surface area contributed by atoms with Crippen molar-refractivity contribution in [3.8, 4) is 0 Å². The molecule has 0 bridgehead atoms. The van der Waals surface area contributed by atoms with Crippen molar-refractivity contribution >= 4 is 5.97 Å². The van der Waals surface area contributed by atoms with Crippen molar-refractivity contribution < 1.29 is 15.0 Å². The van der Waals surface area contributed by atoms with Crippen LogP contribution in [-0.2, 0) is 4.79 Å². The topological polar surface area (TPSA) is 57.5 Å². The molecular formula is C30H48O3. The van der Waals surface area contributed by atoms with Gasteiger partial charge in [0, 0.05) is 0 Å². The molecule has 33 heavy (non-hydrogen) atoms. The summed E-state index contributed by atoms with van der Waals surface area (Å²) in [5, 5.41) is 21.5. The van der Waals surface area contributed by atoms with Gasteiger partial charge in [0.25, 0.3) is 0 Å². The van der Waals surface area contributed by atoms with E-state index < -0.39 is 11.4 Å². The normalized spacial score (nSPS) is 55.3. The van der Waals surface area contributed by atoms with Gasteiger partial charge in [-0.2, -0.15) is 0 Å². The summed E-state index contributed by atoms with van der Waals surface area (Å²) in [6.45, 7) is 17.0. The first-order valence-electron chi connectivity index (χ1n) is 13.8. The monoisotopic (exact) mass is 456 g/mol. The number of carboxylic acids is 1. The molecule has 0 spiro atoms. The van der Waals surface area contributed by atoms with Crippen LogP contribution in [0, 0.1) is 56.7 Å². The molecule has 186 valence electrons. The van der Waals surface area contributed by atoms with Crippen LogP contribution in [0.4, 0.5) is 0 Å². The fourth-order valence-corrected chi connectivity index (χ4v) is 11.1. The number of aliphatic hydroxyl groups is 1. The Morgan fingerprint density at radius 2 is 1.64 bits per heavy atom. The molecule has 0 aromatic heterocycles. The molecule has 0 saturated heterocycles. The van der Waals surface area contributed by atoms with Crippen LogP contribution in [0.15, 0.2) is 11.6 Å². The fraction of sp³-hybridized carbons (Fsp3) is 0.900. The van der Waals surface area contributed by atoms with E-state index in [1.54, 1.807) is 0 Å². The van der Waals surface area contributed by atoms with E-state index in [0.29, 0.717) is 23.7 Å². The highest BCUT2D eigenvalue weighted by Gasteiger charge is 2.69. The first-order chi connectivity index (χ1) is 15.2. The Morgan fingerprint density at radius 3 is 2.30 bits per heavy atom. The predicted molar refractivity (Wildman–Crippen MR) is 133 cm³/mol. The van der Waals surface area contributed by atoms with Gasteiger partial charge in [-0.3, -0.25) is 4.79 Å². The summed E-state index contributed by atoms with van der Waals surface area (Å²) < 4.78 is 0. The van der Waals surface area contributed by atoms with Crippen molar-refractivity contribution in [3.63, 3.8) is 0 Å². The van der Waals surface area contributed by atoms with Crippen molar-refractivity contribution in [1.82, 2.24) is 0 Å². The maximum absolute atomic E-state index is 12.8. The number of aliphatic hydroxyl groups excluding tert-OH is 1. The van der Waals surface area contributed by atoms with E-state index in [4.69, 9.17) is 0 Å². The molecule has 3 heteroatoms. The van der Waals surface area contributed by atoms with Crippen LogP contribution in [0.1, 0.15) is 106 Å². The van der Waals surface area contributed by atoms with Gasteiger partial charge >= 0.3 is 5.97 Å². The largest absolute Gasteiger partial charge is 0.481 e. The zero-order valence-electron chi connectivity index (χ0n) is 22.2. The van der Waals surface area contributed by atoms with Gasteiger partial charge in [-0.05, 0) is 109 Å². The lowest BCUT2D eigenvalue weighted by Crippen LogP contribution is -2.65. The molecule has 4 fully saturated rings. The van der Waals surface area contributed by atoms with Gasteiger partial charge in [0.1, 0.15) is 0 Å². The Morgan fingerprint density at radius 1 is 0.939 bits per heavy atom. The van der Waals surface area contributed by atoms with Gasteiger partial charge in [-0.15, -0.1) is 0 Å². The Labute approximate surface area is 201 Å². The van der Waals surface area contributed by atoms with E-state index in [2.05, 4.69) is 54.5 Å². The molecular weight excluding hydrogens is 408 g/mol. The van der Waals surface area contributed by atoms with Crippen LogP contribution in [0.2, 0.25) is 0 Å². The number of hydrogen-bond acceptors (Lipinski definition) is 2. The molecule has 3 nitrogen and oxygen atoms in total. The van der Waals surface area contributed by atoms with Gasteiger partial charge in [-0.25, -0.2) is 0 Å². The van der Waals surface area contributed by atoms with Gasteiger partial charge in [0.05, 0.1) is 11.5 Å². The second-order valence-corrected chi connectivity index (χ2v) is 14.7. The first-order valence-corrected chi connectivity index (χ1v) is 13.8. The van der Waals surface area contributed by atoms with Crippen molar-refractivity contribution in [2.24, 2.45) is 56.7 Å². The number of allylic oxidation sites excluding steroid dienone is 2. The van der Waals surface area contributed by atoms with Crippen LogP contribution < -0.4 is 0 Å². The van der Waals surface area contributed by atoms with Gasteiger partial charge < -0.3 is 10.2 Å². The minimum atomic E-state index is -0.565. The third-order valence-corrected chi connectivity index (χ3v) is 13.1. The van der Waals surface area contributed by atoms with Crippen molar-refractivity contribution in [1.29, 1.82) is 0 Å². The number of hydrogen-bond donors (Lipinski definition) is 2. The lowest BCUT2D eigenvalue weighted by molar-refractivity contribution is -0.202. The highest BCUT2D eigenvalue weighted by atomic mass is 16.4. The number of rotatable bonds is 1. The van der Waals surface area contributed by atoms with E-state index in [-0.39, 0.29) is 33.7 Å². The van der Waals surface area contributed by atoms with E-state index in [9.17, 15) is 15.0 Å². The second kappa shape index (κ2) is 7.11. The van der Waals surface area contributed by atoms with Crippen LogP contribution in [-0.4, -0.2) is 22.3 Å². The molecule has 1 unspecified atom stereocenters. The summed E-state index contributed by atoms with van der Waals surface area (Å²) in [6, 6.07) is 0. The quantitative estimate of drug-likeness (QED) is 0.414. The highest BCUT2D eigenvalue weighted by Crippen LogP contribution is 2.75. The lowest BCUT2D eigenvalue weighted by Gasteiger charge is -2.71. The maximum Gasteiger partial charge on any atom is 0.310 e. The molecule has 2 N–H and O–H groups in total. The SMILES string of the molecule is C[C@H]1[C@H](C)CC[C@]2(C(=O)O)CC[C@]3(C)C(=CC[C@@H]4[C@@]5(C)C[C@@H](O)CC(C)(C)C5CC[C@]43C)[C@H]12. The second-order valence-electron chi connectivity index (χ2n) is 14.7. The van der Waals surface area contributed by atoms with Gasteiger partial charge in [0.2, 0.25) is 0 Å². The summed E-state index contributed by atoms with van der Waals surface area (Å²) >= 11 is 0. The van der Waals surface area contributed by atoms with Crippen molar-refractivity contribution in [2.75, 3.05) is 0 Å². The Hall–Kier alpha value is -0.830. The summed E-state index contributed by atoms with van der Waals surface area (Å²) in [7, 11) is 0. The highest BCUT2D eigenvalue weighted by molar-refractivity contribution is 5.76. The summed E-state index contributed by atoms with van der Waals surface area (Å²) in [5.41, 5.74) is 1.49. The first kappa shape index (κ1) is 23.9. The standard InChI is InChI=1S/C30H48O3/c1-18-10-13-30(25(32)33)15-14-28(6)21(24(30)19(18)2)8-9-23-27(5)17-20(31)16-26(3,4)22(27)11-12-29(23,28)7/h8,18-20,22-24,31H,9-17H2,1-7H3,(H,32,33)/t18-,19+,20+,22?,23-,24+,27+,28-,29-,30+/m1/s1. The molecule has 5 aliphatic carbocycles. The number of aliphatic carboxylic acids is 1. The third-order valence-electron chi connectivity index (χ3n) is 13.1. The molecule has 0 amide bonds. The Kier molecular flexibility index (Phi) is 5.15. The molecule has 0 heterocycles. The zero-order valence-corrected chi connectivity index (χ0v) is 22.2. The third kappa shape index (κ3) is 2.87. The molecule has 5 rings (SSSR count). The van der Waals surface area contributed by atoms with Crippen LogP contribution in [0.25, 0.3) is 0 Å². The average molecular weight is 457 g/mol. The number of fused-ring (bicyclic) bond motifs is 7. The molecule has 0 aromatic carbocycles. The van der Waals surface area contributed by atoms with E-state index >= 15 is 0 Å². The van der Waals surface area contributed by atoms with Gasteiger partial charge in [0.15, 0.2) is 0 Å². The average Bonchev–Trinajstić information content (AvgIpc) is 2.69. The molecule has 4 saturated carbocycles. The van der Waals surface area contributed by atoms with Crippen molar-refractivity contribution in [3.05, 3.63) is 11.6 Å². The van der Waals surface area contributed by atoms with E-state index in [1.165, 1.54) is 18.4 Å². The minimum Gasteiger partial charge on any atom is -0.481 e. The number of carboxylic acid groups (broad SMARTS) is 1. The fourth-order valence-electron chi connectivity index (χ4n) is 11.1.